The summed E-state index contributed by atoms with van der Waals surface area (Å²) >= 11 is 3.41. The first kappa shape index (κ1) is 12.7. The number of nitriles is 1. The molecular formula is C15H13BrN2. The molecule has 2 rings (SSSR count). The second kappa shape index (κ2) is 5.24. The molecular weight excluding hydrogens is 288 g/mol. The maximum absolute atomic E-state index is 8.95. The first-order chi connectivity index (χ1) is 8.60. The molecule has 0 spiro atoms. The number of rotatable bonds is 2. The van der Waals surface area contributed by atoms with Gasteiger partial charge in [-0.3, -0.25) is 0 Å². The Morgan fingerprint density at radius 3 is 2.67 bits per heavy atom. The topological polar surface area (TPSA) is 35.8 Å². The van der Waals surface area contributed by atoms with Gasteiger partial charge in [0, 0.05) is 15.8 Å². The molecule has 0 aliphatic rings. The minimum Gasteiger partial charge on any atom is -0.355 e. The molecule has 2 aromatic carbocycles. The lowest BCUT2D eigenvalue weighted by atomic mass is 10.1. The van der Waals surface area contributed by atoms with E-state index in [9.17, 15) is 0 Å². The van der Waals surface area contributed by atoms with Crippen LogP contribution in [0.2, 0.25) is 0 Å². The predicted octanol–water partition coefficient (Wildman–Crippen LogP) is 4.68. The molecule has 3 heteroatoms. The second-order valence-corrected chi connectivity index (χ2v) is 5.13. The highest BCUT2D eigenvalue weighted by atomic mass is 79.9. The summed E-state index contributed by atoms with van der Waals surface area (Å²) in [5, 5.41) is 12.3. The molecule has 2 nitrogen and oxygen atoms in total. The van der Waals surface area contributed by atoms with Crippen LogP contribution in [0.3, 0.4) is 0 Å². The van der Waals surface area contributed by atoms with E-state index < -0.39 is 0 Å². The number of nitrogens with zero attached hydrogens (tertiary/aromatic N) is 1. The van der Waals surface area contributed by atoms with Crippen LogP contribution in [-0.4, -0.2) is 0 Å². The van der Waals surface area contributed by atoms with Crippen LogP contribution in [-0.2, 0) is 0 Å². The van der Waals surface area contributed by atoms with Gasteiger partial charge in [0.2, 0.25) is 0 Å². The first-order valence-corrected chi connectivity index (χ1v) is 6.43. The smallest absolute Gasteiger partial charge is 0.0992 e. The number of halogens is 1. The van der Waals surface area contributed by atoms with Crippen LogP contribution >= 0.6 is 15.9 Å². The average molecular weight is 301 g/mol. The summed E-state index contributed by atoms with van der Waals surface area (Å²) in [6.45, 7) is 4.17. The number of nitrogens with one attached hydrogen (secondary N) is 1. The fraction of sp³-hybridized carbons (Fsp3) is 0.133. The highest BCUT2D eigenvalue weighted by Crippen LogP contribution is 2.25. The zero-order valence-corrected chi connectivity index (χ0v) is 11.9. The van der Waals surface area contributed by atoms with Crippen molar-refractivity contribution in [2.24, 2.45) is 0 Å². The van der Waals surface area contributed by atoms with Gasteiger partial charge >= 0.3 is 0 Å². The van der Waals surface area contributed by atoms with Crippen LogP contribution in [0.4, 0.5) is 11.4 Å². The standard InChI is InChI=1S/C15H13BrN2/c1-10-4-3-5-15(11(10)2)18-14-7-12(9-17)6-13(16)8-14/h3-8,18H,1-2H3. The van der Waals surface area contributed by atoms with Crippen molar-refractivity contribution in [2.75, 3.05) is 5.32 Å². The minimum absolute atomic E-state index is 0.636. The van der Waals surface area contributed by atoms with Crippen molar-refractivity contribution in [1.29, 1.82) is 5.26 Å². The Morgan fingerprint density at radius 1 is 1.17 bits per heavy atom. The molecule has 0 saturated carbocycles. The van der Waals surface area contributed by atoms with E-state index in [4.69, 9.17) is 5.26 Å². The summed E-state index contributed by atoms with van der Waals surface area (Å²) in [5.41, 5.74) is 5.08. The molecule has 0 bridgehead atoms. The third-order valence-corrected chi connectivity index (χ3v) is 3.37. The minimum atomic E-state index is 0.636. The average Bonchev–Trinajstić information content (AvgIpc) is 2.34. The molecule has 2 aromatic rings. The van der Waals surface area contributed by atoms with E-state index in [-0.39, 0.29) is 0 Å². The van der Waals surface area contributed by atoms with Crippen LogP contribution in [0.5, 0.6) is 0 Å². The SMILES string of the molecule is Cc1cccc(Nc2cc(Br)cc(C#N)c2)c1C. The van der Waals surface area contributed by atoms with Crippen molar-refractivity contribution in [1.82, 2.24) is 0 Å². The summed E-state index contributed by atoms with van der Waals surface area (Å²) in [6, 6.07) is 13.9. The van der Waals surface area contributed by atoms with Crippen LogP contribution in [0, 0.1) is 25.2 Å². The quantitative estimate of drug-likeness (QED) is 0.874. The van der Waals surface area contributed by atoms with E-state index in [0.29, 0.717) is 5.56 Å². The van der Waals surface area contributed by atoms with Gasteiger partial charge in [-0.05, 0) is 49.2 Å². The predicted molar refractivity (Wildman–Crippen MR) is 78.1 cm³/mol. The Bertz CT molecular complexity index is 627. The van der Waals surface area contributed by atoms with Crippen molar-refractivity contribution in [3.8, 4) is 6.07 Å². The lowest BCUT2D eigenvalue weighted by Gasteiger charge is -2.12. The summed E-state index contributed by atoms with van der Waals surface area (Å²) in [5.74, 6) is 0. The van der Waals surface area contributed by atoms with Crippen molar-refractivity contribution in [2.45, 2.75) is 13.8 Å². The number of hydrogen-bond acceptors (Lipinski definition) is 2. The third-order valence-electron chi connectivity index (χ3n) is 2.91. The zero-order chi connectivity index (χ0) is 13.1. The molecule has 0 aliphatic heterocycles. The molecule has 0 aromatic heterocycles. The number of anilines is 2. The molecule has 0 fully saturated rings. The molecule has 0 aliphatic carbocycles. The van der Waals surface area contributed by atoms with Gasteiger partial charge in [-0.1, -0.05) is 28.1 Å². The van der Waals surface area contributed by atoms with Crippen molar-refractivity contribution >= 4 is 27.3 Å². The van der Waals surface area contributed by atoms with Crippen molar-refractivity contribution in [3.05, 3.63) is 57.6 Å². The van der Waals surface area contributed by atoms with Gasteiger partial charge < -0.3 is 5.32 Å². The highest BCUT2D eigenvalue weighted by molar-refractivity contribution is 9.10. The third kappa shape index (κ3) is 2.72. The van der Waals surface area contributed by atoms with Gasteiger partial charge in [0.1, 0.15) is 0 Å². The molecule has 0 heterocycles. The van der Waals surface area contributed by atoms with Crippen LogP contribution in [0.1, 0.15) is 16.7 Å². The molecule has 0 radical (unpaired) electrons. The van der Waals surface area contributed by atoms with Gasteiger partial charge in [-0.25, -0.2) is 0 Å². The van der Waals surface area contributed by atoms with Crippen molar-refractivity contribution < 1.29 is 0 Å². The number of aryl methyl sites for hydroxylation is 1. The van der Waals surface area contributed by atoms with Crippen molar-refractivity contribution in [3.63, 3.8) is 0 Å². The molecule has 0 saturated heterocycles. The van der Waals surface area contributed by atoms with E-state index in [2.05, 4.69) is 47.2 Å². The van der Waals surface area contributed by atoms with E-state index in [1.807, 2.05) is 24.3 Å². The second-order valence-electron chi connectivity index (χ2n) is 4.21. The summed E-state index contributed by atoms with van der Waals surface area (Å²) in [6.07, 6.45) is 0. The number of hydrogen-bond donors (Lipinski definition) is 1. The van der Waals surface area contributed by atoms with Crippen LogP contribution in [0.15, 0.2) is 40.9 Å². The first-order valence-electron chi connectivity index (χ1n) is 5.64. The molecule has 0 atom stereocenters. The summed E-state index contributed by atoms with van der Waals surface area (Å²) in [4.78, 5) is 0. The Kier molecular flexibility index (Phi) is 3.69. The Hall–Kier alpha value is -1.79. The molecule has 1 N–H and O–H groups in total. The van der Waals surface area contributed by atoms with E-state index in [1.54, 1.807) is 6.07 Å². The fourth-order valence-electron chi connectivity index (χ4n) is 1.77. The van der Waals surface area contributed by atoms with E-state index in [0.717, 1.165) is 15.8 Å². The van der Waals surface area contributed by atoms with Gasteiger partial charge in [-0.15, -0.1) is 0 Å². The Balaban J connectivity index is 2.37. The Labute approximate surface area is 115 Å². The molecule has 0 unspecified atom stereocenters. The van der Waals surface area contributed by atoms with Gasteiger partial charge in [0.15, 0.2) is 0 Å². The van der Waals surface area contributed by atoms with Crippen LogP contribution < -0.4 is 5.32 Å². The fourth-order valence-corrected chi connectivity index (χ4v) is 2.26. The van der Waals surface area contributed by atoms with E-state index in [1.165, 1.54) is 11.1 Å². The lowest BCUT2D eigenvalue weighted by molar-refractivity contribution is 1.33. The van der Waals surface area contributed by atoms with Crippen LogP contribution in [0.25, 0.3) is 0 Å². The maximum atomic E-state index is 8.95. The zero-order valence-electron chi connectivity index (χ0n) is 10.3. The van der Waals surface area contributed by atoms with E-state index >= 15 is 0 Å². The van der Waals surface area contributed by atoms with Gasteiger partial charge in [0.25, 0.3) is 0 Å². The normalized spacial score (nSPS) is 9.89. The van der Waals surface area contributed by atoms with Gasteiger partial charge in [-0.2, -0.15) is 5.26 Å². The lowest BCUT2D eigenvalue weighted by Crippen LogP contribution is -1.95. The molecule has 90 valence electrons. The molecule has 0 amide bonds. The number of benzene rings is 2. The van der Waals surface area contributed by atoms with Gasteiger partial charge in [0.05, 0.1) is 11.6 Å². The monoisotopic (exact) mass is 300 g/mol. The highest BCUT2D eigenvalue weighted by Gasteiger charge is 2.03. The molecule has 18 heavy (non-hydrogen) atoms. The maximum Gasteiger partial charge on any atom is 0.0992 e. The summed E-state index contributed by atoms with van der Waals surface area (Å²) in [7, 11) is 0. The Morgan fingerprint density at radius 2 is 1.94 bits per heavy atom. The summed E-state index contributed by atoms with van der Waals surface area (Å²) < 4.78 is 0.898. The largest absolute Gasteiger partial charge is 0.355 e.